The fourth-order valence-corrected chi connectivity index (χ4v) is 10.5. The summed E-state index contributed by atoms with van der Waals surface area (Å²) in [4.78, 5) is 2.48. The van der Waals surface area contributed by atoms with Crippen LogP contribution in [0.15, 0.2) is 146 Å². The summed E-state index contributed by atoms with van der Waals surface area (Å²) in [5.74, 6) is 0. The molecular formula is C58H51N3. The van der Waals surface area contributed by atoms with Crippen molar-refractivity contribution in [1.29, 1.82) is 0 Å². The Bertz CT molecular complexity index is 3690. The molecule has 0 fully saturated rings. The highest BCUT2D eigenvalue weighted by Gasteiger charge is 2.30. The molecule has 0 radical (unpaired) electrons. The zero-order chi connectivity index (χ0) is 41.9. The molecule has 12 rings (SSSR count). The van der Waals surface area contributed by atoms with Gasteiger partial charge in [-0.3, -0.25) is 0 Å². The van der Waals surface area contributed by atoms with Gasteiger partial charge in [0.25, 0.3) is 0 Å². The quantitative estimate of drug-likeness (QED) is 0.174. The van der Waals surface area contributed by atoms with Crippen LogP contribution in [0.25, 0.3) is 87.0 Å². The van der Waals surface area contributed by atoms with Crippen molar-refractivity contribution in [2.45, 2.75) is 78.6 Å². The van der Waals surface area contributed by atoms with Crippen molar-refractivity contribution in [1.82, 2.24) is 8.80 Å². The number of benzene rings is 8. The molecule has 0 amide bonds. The van der Waals surface area contributed by atoms with Gasteiger partial charge in [-0.25, -0.2) is 0 Å². The van der Waals surface area contributed by atoms with Crippen LogP contribution in [0.5, 0.6) is 0 Å². The van der Waals surface area contributed by atoms with E-state index >= 15 is 0 Å². The number of fused-ring (bicyclic) bond motifs is 14. The van der Waals surface area contributed by atoms with Gasteiger partial charge < -0.3 is 13.7 Å². The van der Waals surface area contributed by atoms with Crippen LogP contribution >= 0.6 is 0 Å². The van der Waals surface area contributed by atoms with E-state index in [1.54, 1.807) is 0 Å². The third-order valence-electron chi connectivity index (χ3n) is 13.7. The van der Waals surface area contributed by atoms with Gasteiger partial charge in [-0.1, -0.05) is 129 Å². The first-order valence-electron chi connectivity index (χ1n) is 21.9. The molecule has 0 bridgehead atoms. The van der Waals surface area contributed by atoms with E-state index in [2.05, 4.69) is 222 Å². The van der Waals surface area contributed by atoms with Crippen LogP contribution in [0.3, 0.4) is 0 Å². The Hall–Kier alpha value is -6.58. The average molecular weight is 790 g/mol. The monoisotopic (exact) mass is 789 g/mol. The second kappa shape index (κ2) is 12.0. The maximum atomic E-state index is 2.63. The van der Waals surface area contributed by atoms with E-state index in [0.29, 0.717) is 0 Å². The molecule has 4 aromatic heterocycles. The summed E-state index contributed by atoms with van der Waals surface area (Å²) in [6.07, 6.45) is 0. The highest BCUT2D eigenvalue weighted by Crippen LogP contribution is 2.51. The fraction of sp³-hybridized carbons (Fsp3) is 0.207. The molecule has 0 aliphatic carbocycles. The zero-order valence-electron chi connectivity index (χ0n) is 36.7. The van der Waals surface area contributed by atoms with Gasteiger partial charge in [0, 0.05) is 54.5 Å². The first-order chi connectivity index (χ1) is 29.2. The summed E-state index contributed by atoms with van der Waals surface area (Å²) in [6, 6.07) is 55.5. The first-order valence-corrected chi connectivity index (χ1v) is 21.9. The lowest BCUT2D eigenvalue weighted by Crippen LogP contribution is -2.15. The summed E-state index contributed by atoms with van der Waals surface area (Å²) in [5, 5.41) is 13.1. The largest absolute Gasteiger partial charge is 0.308 e. The van der Waals surface area contributed by atoms with E-state index < -0.39 is 0 Å². The van der Waals surface area contributed by atoms with Crippen LogP contribution in [-0.2, 0) is 16.2 Å². The topological polar surface area (TPSA) is 12.1 Å². The fourth-order valence-electron chi connectivity index (χ4n) is 10.5. The molecule has 0 saturated carbocycles. The highest BCUT2D eigenvalue weighted by molar-refractivity contribution is 6.35. The van der Waals surface area contributed by atoms with Crippen LogP contribution in [-0.4, -0.2) is 8.80 Å². The minimum Gasteiger partial charge on any atom is -0.308 e. The molecule has 298 valence electrons. The molecule has 3 heteroatoms. The van der Waals surface area contributed by atoms with Gasteiger partial charge in [0.15, 0.2) is 0 Å². The van der Waals surface area contributed by atoms with E-state index in [1.807, 2.05) is 0 Å². The Labute approximate surface area is 357 Å². The van der Waals surface area contributed by atoms with Gasteiger partial charge in [0.2, 0.25) is 0 Å². The predicted molar refractivity (Wildman–Crippen MR) is 264 cm³/mol. The summed E-state index contributed by atoms with van der Waals surface area (Å²) in [7, 11) is 0. The van der Waals surface area contributed by atoms with Gasteiger partial charge in [0.1, 0.15) is 0 Å². The molecule has 0 aliphatic rings. The molecule has 8 aromatic carbocycles. The Morgan fingerprint density at radius 3 is 1.46 bits per heavy atom. The Morgan fingerprint density at radius 2 is 0.836 bits per heavy atom. The molecule has 0 N–H and O–H groups in total. The number of para-hydroxylation sites is 2. The van der Waals surface area contributed by atoms with Gasteiger partial charge in [-0.05, 0) is 123 Å². The molecule has 3 nitrogen and oxygen atoms in total. The third kappa shape index (κ3) is 5.04. The van der Waals surface area contributed by atoms with Gasteiger partial charge in [0.05, 0.1) is 38.8 Å². The van der Waals surface area contributed by atoms with Crippen LogP contribution in [0.1, 0.15) is 79.0 Å². The zero-order valence-corrected chi connectivity index (χ0v) is 36.7. The molecule has 12 aromatic rings. The Kier molecular flexibility index (Phi) is 7.16. The van der Waals surface area contributed by atoms with Crippen LogP contribution in [0, 0.1) is 0 Å². The maximum absolute atomic E-state index is 2.63. The number of hydrogen-bond donors (Lipinski definition) is 0. The Morgan fingerprint density at radius 1 is 0.344 bits per heavy atom. The standard InChI is InChI=1S/C58H51N3/c1-56(2,3)35-24-25-48-41(27-35)44-28-36(57(4,5)6)29-45-42-32-50-47(33-49(42)60(48)53(44)45)52-40-23-17-16-18-34(40)26-43-46-30-37(58(7,8)9)31-51(54(46)61(50)55(43)52)59(38-19-12-10-13-20-38)39-21-14-11-15-22-39/h10-33H,1-9H3. The molecule has 0 saturated heterocycles. The van der Waals surface area contributed by atoms with Crippen molar-refractivity contribution in [2.24, 2.45) is 0 Å². The number of rotatable bonds is 3. The normalized spacial score (nSPS) is 13.3. The second-order valence-electron chi connectivity index (χ2n) is 20.7. The predicted octanol–water partition coefficient (Wildman–Crippen LogP) is 16.5. The van der Waals surface area contributed by atoms with Crippen molar-refractivity contribution in [3.63, 3.8) is 0 Å². The molecule has 61 heavy (non-hydrogen) atoms. The van der Waals surface area contributed by atoms with Crippen molar-refractivity contribution in [3.05, 3.63) is 162 Å². The number of aromatic nitrogens is 2. The van der Waals surface area contributed by atoms with E-state index in [9.17, 15) is 0 Å². The highest BCUT2D eigenvalue weighted by atomic mass is 15.2. The minimum absolute atomic E-state index is 0.0177. The lowest BCUT2D eigenvalue weighted by atomic mass is 9.84. The van der Waals surface area contributed by atoms with Crippen molar-refractivity contribution in [2.75, 3.05) is 4.90 Å². The molecule has 0 aliphatic heterocycles. The van der Waals surface area contributed by atoms with E-state index in [1.165, 1.54) is 109 Å². The summed E-state index contributed by atoms with van der Waals surface area (Å²) in [5.41, 5.74) is 15.1. The van der Waals surface area contributed by atoms with Crippen LogP contribution in [0.4, 0.5) is 17.1 Å². The maximum Gasteiger partial charge on any atom is 0.0783 e. The van der Waals surface area contributed by atoms with Crippen molar-refractivity contribution < 1.29 is 0 Å². The van der Waals surface area contributed by atoms with Crippen LogP contribution in [0.2, 0.25) is 0 Å². The number of anilines is 3. The number of hydrogen-bond acceptors (Lipinski definition) is 1. The second-order valence-corrected chi connectivity index (χ2v) is 20.7. The Balaban J connectivity index is 1.32. The van der Waals surface area contributed by atoms with Gasteiger partial charge in [-0.15, -0.1) is 0 Å². The lowest BCUT2D eigenvalue weighted by Gasteiger charge is -2.29. The molecule has 0 unspecified atom stereocenters. The lowest BCUT2D eigenvalue weighted by molar-refractivity contribution is 0.590. The van der Waals surface area contributed by atoms with Crippen molar-refractivity contribution >= 4 is 104 Å². The molecular weight excluding hydrogens is 739 g/mol. The molecule has 0 spiro atoms. The van der Waals surface area contributed by atoms with Gasteiger partial charge in [-0.2, -0.15) is 0 Å². The SMILES string of the molecule is CC(C)(C)c1ccc2c(c1)c1cc(C(C)(C)C)cc3c4cc5c(cc4n2c13)c1c2ccccc2cc2c3cc(C(C)(C)C)cc(N(c4ccccc4)c4ccccc4)c3n5c21. The summed E-state index contributed by atoms with van der Waals surface area (Å²) < 4.78 is 5.21. The smallest absolute Gasteiger partial charge is 0.0783 e. The van der Waals surface area contributed by atoms with E-state index in [-0.39, 0.29) is 16.2 Å². The average Bonchev–Trinajstić information content (AvgIpc) is 3.95. The molecule has 0 atom stereocenters. The first kappa shape index (κ1) is 36.3. The number of nitrogens with zero attached hydrogens (tertiary/aromatic N) is 3. The van der Waals surface area contributed by atoms with E-state index in [4.69, 9.17) is 0 Å². The van der Waals surface area contributed by atoms with Gasteiger partial charge >= 0.3 is 0 Å². The molecule has 4 heterocycles. The third-order valence-corrected chi connectivity index (χ3v) is 13.7. The summed E-state index contributed by atoms with van der Waals surface area (Å²) in [6.45, 7) is 21.0. The van der Waals surface area contributed by atoms with Crippen molar-refractivity contribution in [3.8, 4) is 0 Å². The minimum atomic E-state index is -0.0771. The van der Waals surface area contributed by atoms with E-state index in [0.717, 1.165) is 11.4 Å². The summed E-state index contributed by atoms with van der Waals surface area (Å²) >= 11 is 0. The van der Waals surface area contributed by atoms with Crippen LogP contribution < -0.4 is 4.90 Å².